The van der Waals surface area contributed by atoms with Gasteiger partial charge in [-0.3, -0.25) is 4.79 Å². The number of ether oxygens (including phenoxy) is 2. The van der Waals surface area contributed by atoms with Crippen molar-refractivity contribution in [3.05, 3.63) is 23.4 Å². The molecular formula is C29H44N4O6. The molecule has 39 heavy (non-hydrogen) atoms. The zero-order chi connectivity index (χ0) is 28.0. The third-order valence-electron chi connectivity index (χ3n) is 7.85. The molecule has 1 atom stereocenters. The van der Waals surface area contributed by atoms with Gasteiger partial charge in [-0.05, 0) is 89.7 Å². The number of fused-ring (bicyclic) bond motifs is 1. The average Bonchev–Trinajstić information content (AvgIpc) is 2.87. The van der Waals surface area contributed by atoms with Crippen LogP contribution in [0.25, 0.3) is 0 Å². The van der Waals surface area contributed by atoms with Crippen molar-refractivity contribution in [2.75, 3.05) is 31.6 Å². The lowest BCUT2D eigenvalue weighted by atomic mass is 9.79. The molecule has 10 heteroatoms. The fraction of sp³-hybridized carbons (Fsp3) is 0.724. The van der Waals surface area contributed by atoms with E-state index in [0.717, 1.165) is 56.6 Å². The Bertz CT molecular complexity index is 1010. The van der Waals surface area contributed by atoms with E-state index in [0.29, 0.717) is 38.5 Å². The number of carbonyl (C=O) groups excluding carboxylic acids is 2. The first-order valence-corrected chi connectivity index (χ1v) is 14.4. The molecule has 0 spiro atoms. The van der Waals surface area contributed by atoms with Crippen LogP contribution in [0.1, 0.15) is 77.0 Å². The van der Waals surface area contributed by atoms with Crippen LogP contribution < -0.4 is 10.6 Å². The van der Waals surface area contributed by atoms with Gasteiger partial charge in [0.05, 0.1) is 6.10 Å². The molecule has 2 fully saturated rings. The molecule has 0 bridgehead atoms. The second-order valence-electron chi connectivity index (χ2n) is 12.1. The van der Waals surface area contributed by atoms with Gasteiger partial charge in [-0.15, -0.1) is 0 Å². The number of hydrogen-bond acceptors (Lipinski definition) is 7. The van der Waals surface area contributed by atoms with Crippen LogP contribution in [0.2, 0.25) is 0 Å². The lowest BCUT2D eigenvalue weighted by Crippen LogP contribution is -2.48. The average molecular weight is 545 g/mol. The van der Waals surface area contributed by atoms with Crippen molar-refractivity contribution in [3.8, 4) is 0 Å². The molecule has 1 saturated carbocycles. The number of rotatable bonds is 10. The standard InChI is InChI=1S/C29H44N4O6/c1-29(2,3)39-28(37)33-14-10-21(11-15-33)26(34)32-24(27(35)36)12-16-38-23-17-19(18-23)6-8-22-9-7-20-5-4-13-30-25(20)31-22/h7,9,19,21,23-24H,4-6,8,10-18H2,1-3H3,(H,30,31)(H,32,34)(H,35,36)/t19-,23-,24?. The predicted molar refractivity (Wildman–Crippen MR) is 147 cm³/mol. The Kier molecular flexibility index (Phi) is 9.69. The summed E-state index contributed by atoms with van der Waals surface area (Å²) in [5.41, 5.74) is 1.86. The van der Waals surface area contributed by atoms with Gasteiger partial charge >= 0.3 is 12.1 Å². The van der Waals surface area contributed by atoms with Gasteiger partial charge in [-0.25, -0.2) is 14.6 Å². The summed E-state index contributed by atoms with van der Waals surface area (Å²) in [5.74, 6) is -0.0148. The normalized spacial score (nSPS) is 22.2. The molecular weight excluding hydrogens is 500 g/mol. The molecule has 10 nitrogen and oxygen atoms in total. The summed E-state index contributed by atoms with van der Waals surface area (Å²) in [6, 6.07) is 3.35. The van der Waals surface area contributed by atoms with Crippen molar-refractivity contribution in [1.29, 1.82) is 0 Å². The Morgan fingerprint density at radius 3 is 2.64 bits per heavy atom. The molecule has 1 aliphatic carbocycles. The van der Waals surface area contributed by atoms with Crippen molar-refractivity contribution in [3.63, 3.8) is 0 Å². The Hall–Kier alpha value is -2.88. The quantitative estimate of drug-likeness (QED) is 0.406. The number of carboxylic acid groups (broad SMARTS) is 1. The number of amides is 2. The number of pyridine rings is 1. The third-order valence-corrected chi connectivity index (χ3v) is 7.85. The van der Waals surface area contributed by atoms with Crippen molar-refractivity contribution in [1.82, 2.24) is 15.2 Å². The molecule has 1 aromatic heterocycles. The molecule has 1 unspecified atom stereocenters. The van der Waals surface area contributed by atoms with Crippen LogP contribution in [-0.4, -0.2) is 76.9 Å². The fourth-order valence-electron chi connectivity index (χ4n) is 5.46. The highest BCUT2D eigenvalue weighted by molar-refractivity contribution is 5.85. The largest absolute Gasteiger partial charge is 0.480 e. The van der Waals surface area contributed by atoms with E-state index in [4.69, 9.17) is 14.5 Å². The zero-order valence-corrected chi connectivity index (χ0v) is 23.5. The summed E-state index contributed by atoms with van der Waals surface area (Å²) >= 11 is 0. The smallest absolute Gasteiger partial charge is 0.410 e. The van der Waals surface area contributed by atoms with Gasteiger partial charge in [0.15, 0.2) is 0 Å². The Morgan fingerprint density at radius 1 is 1.21 bits per heavy atom. The van der Waals surface area contributed by atoms with Crippen LogP contribution in [0.3, 0.4) is 0 Å². The van der Waals surface area contributed by atoms with E-state index in [-0.39, 0.29) is 30.4 Å². The van der Waals surface area contributed by atoms with Crippen molar-refractivity contribution < 1.29 is 29.0 Å². The number of nitrogens with zero attached hydrogens (tertiary/aromatic N) is 2. The highest BCUT2D eigenvalue weighted by atomic mass is 16.6. The van der Waals surface area contributed by atoms with Crippen LogP contribution in [0.5, 0.6) is 0 Å². The van der Waals surface area contributed by atoms with E-state index < -0.39 is 17.6 Å². The van der Waals surface area contributed by atoms with Crippen LogP contribution >= 0.6 is 0 Å². The summed E-state index contributed by atoms with van der Waals surface area (Å²) < 4.78 is 11.3. The first-order chi connectivity index (χ1) is 18.6. The van der Waals surface area contributed by atoms with Crippen LogP contribution in [0.4, 0.5) is 10.6 Å². The number of anilines is 1. The number of likely N-dealkylation sites (tertiary alicyclic amines) is 1. The topological polar surface area (TPSA) is 130 Å². The van der Waals surface area contributed by atoms with E-state index in [9.17, 15) is 19.5 Å². The van der Waals surface area contributed by atoms with Gasteiger partial charge in [-0.2, -0.15) is 0 Å². The number of aliphatic carboxylic acids is 1. The molecule has 216 valence electrons. The highest BCUT2D eigenvalue weighted by Gasteiger charge is 2.33. The van der Waals surface area contributed by atoms with Gasteiger partial charge in [-0.1, -0.05) is 6.07 Å². The van der Waals surface area contributed by atoms with Gasteiger partial charge in [0.25, 0.3) is 0 Å². The Labute approximate surface area is 231 Å². The molecule has 4 rings (SSSR count). The monoisotopic (exact) mass is 544 g/mol. The fourth-order valence-corrected chi connectivity index (χ4v) is 5.46. The van der Waals surface area contributed by atoms with Gasteiger partial charge in [0.1, 0.15) is 17.5 Å². The minimum Gasteiger partial charge on any atom is -0.480 e. The van der Waals surface area contributed by atoms with Crippen LogP contribution in [0, 0.1) is 11.8 Å². The maximum atomic E-state index is 12.7. The van der Waals surface area contributed by atoms with Crippen molar-refractivity contribution in [2.45, 2.75) is 96.3 Å². The molecule has 2 amide bonds. The minimum atomic E-state index is -1.06. The van der Waals surface area contributed by atoms with Gasteiger partial charge in [0, 0.05) is 44.3 Å². The SMILES string of the molecule is CC(C)(C)OC(=O)N1CCC(C(=O)NC(CCO[C@H]2C[C@H](CCc3ccc4c(n3)NCCC4)C2)C(=O)O)CC1. The van der Waals surface area contributed by atoms with E-state index in [1.807, 2.05) is 20.8 Å². The molecule has 1 saturated heterocycles. The summed E-state index contributed by atoms with van der Waals surface area (Å²) in [6.45, 7) is 7.56. The Morgan fingerprint density at radius 2 is 1.95 bits per heavy atom. The molecule has 0 aromatic carbocycles. The van der Waals surface area contributed by atoms with Gasteiger partial charge in [0.2, 0.25) is 5.91 Å². The molecule has 1 aromatic rings. The second-order valence-corrected chi connectivity index (χ2v) is 12.1. The molecule has 3 aliphatic rings. The van der Waals surface area contributed by atoms with E-state index >= 15 is 0 Å². The van der Waals surface area contributed by atoms with Gasteiger partial charge < -0.3 is 30.1 Å². The number of aromatic nitrogens is 1. The lowest BCUT2D eigenvalue weighted by molar-refractivity contribution is -0.143. The number of piperidine rings is 1. The second kappa shape index (κ2) is 13.0. The summed E-state index contributed by atoms with van der Waals surface area (Å²) in [7, 11) is 0. The van der Waals surface area contributed by atoms with Crippen molar-refractivity contribution >= 4 is 23.8 Å². The molecule has 3 N–H and O–H groups in total. The number of carbonyl (C=O) groups is 3. The summed E-state index contributed by atoms with van der Waals surface area (Å²) in [5, 5.41) is 15.7. The number of nitrogens with one attached hydrogen (secondary N) is 2. The molecule has 3 heterocycles. The van der Waals surface area contributed by atoms with Crippen LogP contribution in [-0.2, 0) is 31.9 Å². The molecule has 0 radical (unpaired) electrons. The first-order valence-electron chi connectivity index (χ1n) is 14.4. The maximum absolute atomic E-state index is 12.7. The summed E-state index contributed by atoms with van der Waals surface area (Å²) in [4.78, 5) is 43.1. The van der Waals surface area contributed by atoms with E-state index in [1.165, 1.54) is 5.56 Å². The third kappa shape index (κ3) is 8.55. The number of aryl methyl sites for hydroxylation is 2. The number of carboxylic acids is 1. The van der Waals surface area contributed by atoms with E-state index in [2.05, 4.69) is 22.8 Å². The minimum absolute atomic E-state index is 0.149. The maximum Gasteiger partial charge on any atom is 0.410 e. The highest BCUT2D eigenvalue weighted by Crippen LogP contribution is 2.34. The zero-order valence-electron chi connectivity index (χ0n) is 23.5. The summed E-state index contributed by atoms with van der Waals surface area (Å²) in [6.07, 6.45) is 7.19. The van der Waals surface area contributed by atoms with Crippen LogP contribution in [0.15, 0.2) is 12.1 Å². The first kappa shape index (κ1) is 29.1. The van der Waals surface area contributed by atoms with Crippen molar-refractivity contribution in [2.24, 2.45) is 11.8 Å². The molecule has 2 aliphatic heterocycles. The van der Waals surface area contributed by atoms with E-state index in [1.54, 1.807) is 4.90 Å². The number of hydrogen-bond donors (Lipinski definition) is 3. The predicted octanol–water partition coefficient (Wildman–Crippen LogP) is 3.77. The Balaban J connectivity index is 1.11. The lowest BCUT2D eigenvalue weighted by Gasteiger charge is -2.35.